The van der Waals surface area contributed by atoms with Gasteiger partial charge in [-0.25, -0.2) is 0 Å². The fourth-order valence-electron chi connectivity index (χ4n) is 6.24. The van der Waals surface area contributed by atoms with Crippen LogP contribution < -0.4 is 0 Å². The van der Waals surface area contributed by atoms with Crippen LogP contribution >= 0.6 is 0 Å². The van der Waals surface area contributed by atoms with Gasteiger partial charge in [0.2, 0.25) is 0 Å². The van der Waals surface area contributed by atoms with E-state index in [0.717, 1.165) is 36.8 Å². The fraction of sp³-hybridized carbons (Fsp3) is 0.850. The molecule has 4 rings (SSSR count). The Hall–Kier alpha value is -0.710. The van der Waals surface area contributed by atoms with Gasteiger partial charge in [-0.1, -0.05) is 33.3 Å². The maximum absolute atomic E-state index is 13.1. The molecule has 0 amide bonds. The van der Waals surface area contributed by atoms with Crippen molar-refractivity contribution in [1.82, 2.24) is 0 Å². The fourth-order valence-corrected chi connectivity index (χ4v) is 6.24. The van der Waals surface area contributed by atoms with E-state index in [9.17, 15) is 15.0 Å². The van der Waals surface area contributed by atoms with E-state index in [1.54, 1.807) is 0 Å². The molecule has 6 atom stereocenters. The third-order valence-electron chi connectivity index (χ3n) is 8.04. The Bertz CT molecular complexity index is 621. The molecule has 0 unspecified atom stereocenters. The monoisotopic (exact) mass is 334 g/mol. The zero-order valence-corrected chi connectivity index (χ0v) is 15.3. The standard InChI is InChI=1S/C20H30O4/c1-18(2)7-6-14(22)20(4)11-5-8-19(3)15(23)10-24-17(19)16(11)12(21)9-13(18)20/h13-15,17,22-23H,5-10H2,1-4H3/t13-,14-,15-,17-,19-,20+/m1/s1. The molecule has 2 N–H and O–H groups in total. The summed E-state index contributed by atoms with van der Waals surface area (Å²) >= 11 is 0. The van der Waals surface area contributed by atoms with Crippen molar-refractivity contribution in [2.24, 2.45) is 22.2 Å². The molecule has 0 spiro atoms. The summed E-state index contributed by atoms with van der Waals surface area (Å²) in [6.45, 7) is 8.99. The Labute approximate surface area is 144 Å². The number of Topliss-reactive ketones (excluding diaryl/α,β-unsaturated/α-hetero) is 1. The molecular weight excluding hydrogens is 304 g/mol. The normalized spacial score (nSPS) is 50.3. The second-order valence-corrected chi connectivity index (χ2v) is 9.63. The molecule has 3 aliphatic carbocycles. The summed E-state index contributed by atoms with van der Waals surface area (Å²) < 4.78 is 5.91. The molecular formula is C20H30O4. The second-order valence-electron chi connectivity index (χ2n) is 9.63. The van der Waals surface area contributed by atoms with Crippen LogP contribution in [0.2, 0.25) is 0 Å². The predicted molar refractivity (Wildman–Crippen MR) is 90.4 cm³/mol. The Morgan fingerprint density at radius 2 is 1.79 bits per heavy atom. The number of hydrogen-bond donors (Lipinski definition) is 2. The van der Waals surface area contributed by atoms with Crippen molar-refractivity contribution in [3.63, 3.8) is 0 Å². The van der Waals surface area contributed by atoms with Crippen molar-refractivity contribution in [1.29, 1.82) is 0 Å². The van der Waals surface area contributed by atoms with Crippen molar-refractivity contribution < 1.29 is 19.7 Å². The molecule has 4 nitrogen and oxygen atoms in total. The first-order valence-electron chi connectivity index (χ1n) is 9.37. The quantitative estimate of drug-likeness (QED) is 0.715. The highest BCUT2D eigenvalue weighted by Gasteiger charge is 2.62. The Morgan fingerprint density at radius 1 is 1.08 bits per heavy atom. The number of rotatable bonds is 0. The van der Waals surface area contributed by atoms with Gasteiger partial charge >= 0.3 is 0 Å². The summed E-state index contributed by atoms with van der Waals surface area (Å²) in [5, 5.41) is 21.3. The van der Waals surface area contributed by atoms with Gasteiger partial charge in [0.05, 0.1) is 24.9 Å². The first kappa shape index (κ1) is 16.7. The van der Waals surface area contributed by atoms with Crippen LogP contribution in [-0.2, 0) is 9.53 Å². The highest BCUT2D eigenvalue weighted by atomic mass is 16.5. The van der Waals surface area contributed by atoms with Crippen molar-refractivity contribution in [2.45, 2.75) is 78.1 Å². The number of carbonyl (C=O) groups is 1. The van der Waals surface area contributed by atoms with Crippen LogP contribution in [0.3, 0.4) is 0 Å². The van der Waals surface area contributed by atoms with Crippen LogP contribution in [0.5, 0.6) is 0 Å². The summed E-state index contributed by atoms with van der Waals surface area (Å²) in [6.07, 6.45) is 2.63. The summed E-state index contributed by atoms with van der Waals surface area (Å²) in [5.74, 6) is 0.357. The molecule has 0 bridgehead atoms. The lowest BCUT2D eigenvalue weighted by atomic mass is 9.46. The van der Waals surface area contributed by atoms with E-state index in [0.29, 0.717) is 13.0 Å². The number of ether oxygens (including phenoxy) is 1. The number of fused-ring (bicyclic) bond motifs is 4. The third-order valence-corrected chi connectivity index (χ3v) is 8.04. The molecule has 4 heteroatoms. The molecule has 0 aromatic heterocycles. The Kier molecular flexibility index (Phi) is 3.44. The maximum atomic E-state index is 13.1. The minimum atomic E-state index is -0.511. The van der Waals surface area contributed by atoms with Gasteiger partial charge < -0.3 is 14.9 Å². The van der Waals surface area contributed by atoms with Gasteiger partial charge in [-0.2, -0.15) is 0 Å². The van der Waals surface area contributed by atoms with E-state index in [1.807, 2.05) is 6.92 Å². The SMILES string of the molecule is CC1(C)CC[C@@H](O)[C@@]2(C)C3=C(C(=O)C[C@H]12)[C@H]1OC[C@@H](O)[C@@]1(C)CC3. The lowest BCUT2D eigenvalue weighted by Crippen LogP contribution is -2.57. The highest BCUT2D eigenvalue weighted by molar-refractivity contribution is 5.99. The minimum absolute atomic E-state index is 0.0545. The lowest BCUT2D eigenvalue weighted by Gasteiger charge is -2.59. The van der Waals surface area contributed by atoms with Gasteiger partial charge in [0.25, 0.3) is 0 Å². The van der Waals surface area contributed by atoms with Crippen molar-refractivity contribution >= 4 is 5.78 Å². The molecule has 0 radical (unpaired) electrons. The van der Waals surface area contributed by atoms with Gasteiger partial charge in [0, 0.05) is 22.8 Å². The van der Waals surface area contributed by atoms with Crippen LogP contribution in [0.1, 0.15) is 59.8 Å². The average molecular weight is 334 g/mol. The first-order valence-corrected chi connectivity index (χ1v) is 9.37. The maximum Gasteiger partial charge on any atom is 0.161 e. The van der Waals surface area contributed by atoms with Crippen molar-refractivity contribution in [3.8, 4) is 0 Å². The molecule has 1 saturated carbocycles. The van der Waals surface area contributed by atoms with Crippen LogP contribution in [0.25, 0.3) is 0 Å². The van der Waals surface area contributed by atoms with E-state index in [2.05, 4.69) is 20.8 Å². The van der Waals surface area contributed by atoms with E-state index in [1.165, 1.54) is 0 Å². The second kappa shape index (κ2) is 4.93. The zero-order chi connectivity index (χ0) is 17.5. The molecule has 134 valence electrons. The molecule has 0 aromatic rings. The van der Waals surface area contributed by atoms with E-state index < -0.39 is 12.2 Å². The van der Waals surface area contributed by atoms with Crippen LogP contribution in [0.15, 0.2) is 11.1 Å². The summed E-state index contributed by atoms with van der Waals surface area (Å²) in [4.78, 5) is 13.1. The van der Waals surface area contributed by atoms with Crippen molar-refractivity contribution in [3.05, 3.63) is 11.1 Å². The van der Waals surface area contributed by atoms with Crippen molar-refractivity contribution in [2.75, 3.05) is 6.61 Å². The number of aliphatic hydroxyl groups is 2. The summed E-state index contributed by atoms with van der Waals surface area (Å²) in [6, 6.07) is 0. The smallest absolute Gasteiger partial charge is 0.161 e. The third kappa shape index (κ3) is 1.88. The predicted octanol–water partition coefficient (Wildman–Crippen LogP) is 2.62. The van der Waals surface area contributed by atoms with E-state index in [4.69, 9.17) is 4.74 Å². The summed E-state index contributed by atoms with van der Waals surface area (Å²) in [7, 11) is 0. The number of hydrogen-bond acceptors (Lipinski definition) is 4. The molecule has 0 aromatic carbocycles. The zero-order valence-electron chi connectivity index (χ0n) is 15.3. The summed E-state index contributed by atoms with van der Waals surface area (Å²) in [5.41, 5.74) is 1.26. The molecule has 2 fully saturated rings. The highest BCUT2D eigenvalue weighted by Crippen LogP contribution is 2.63. The van der Waals surface area contributed by atoms with Gasteiger partial charge in [-0.15, -0.1) is 0 Å². The number of ketones is 1. The number of carbonyl (C=O) groups excluding carboxylic acids is 1. The molecule has 1 saturated heterocycles. The van der Waals surface area contributed by atoms with Gasteiger partial charge in [-0.05, 0) is 37.0 Å². The van der Waals surface area contributed by atoms with E-state index >= 15 is 0 Å². The Morgan fingerprint density at radius 3 is 2.50 bits per heavy atom. The topological polar surface area (TPSA) is 66.8 Å². The van der Waals surface area contributed by atoms with Gasteiger partial charge in [0.1, 0.15) is 0 Å². The molecule has 4 aliphatic rings. The minimum Gasteiger partial charge on any atom is -0.392 e. The number of aliphatic hydroxyl groups excluding tert-OH is 2. The Balaban J connectivity index is 1.87. The van der Waals surface area contributed by atoms with E-state index in [-0.39, 0.29) is 34.1 Å². The van der Waals surface area contributed by atoms with Gasteiger partial charge in [0.15, 0.2) is 5.78 Å². The first-order chi connectivity index (χ1) is 11.1. The van der Waals surface area contributed by atoms with Crippen LogP contribution in [0.4, 0.5) is 0 Å². The van der Waals surface area contributed by atoms with Crippen LogP contribution in [0, 0.1) is 22.2 Å². The lowest BCUT2D eigenvalue weighted by molar-refractivity contribution is -0.133. The average Bonchev–Trinajstić information content (AvgIpc) is 2.82. The molecule has 24 heavy (non-hydrogen) atoms. The van der Waals surface area contributed by atoms with Crippen LogP contribution in [-0.4, -0.2) is 40.9 Å². The molecule has 1 heterocycles. The van der Waals surface area contributed by atoms with Gasteiger partial charge in [-0.3, -0.25) is 4.79 Å². The largest absolute Gasteiger partial charge is 0.392 e. The molecule has 1 aliphatic heterocycles.